The molecule has 0 spiro atoms. The fourth-order valence-corrected chi connectivity index (χ4v) is 3.38. The third-order valence-corrected chi connectivity index (χ3v) is 5.00. The molecule has 0 radical (unpaired) electrons. The van der Waals surface area contributed by atoms with Gasteiger partial charge in [-0.05, 0) is 55.8 Å². The molecule has 0 aliphatic rings. The van der Waals surface area contributed by atoms with Crippen LogP contribution in [0.1, 0.15) is 11.3 Å². The molecule has 3 aromatic rings. The Balaban J connectivity index is 2.03. The Morgan fingerprint density at radius 3 is 2.50 bits per heavy atom. The third-order valence-electron chi connectivity index (χ3n) is 3.37. The van der Waals surface area contributed by atoms with Gasteiger partial charge in [0.1, 0.15) is 0 Å². The lowest BCUT2D eigenvalue weighted by Gasteiger charge is -2.10. The predicted octanol–water partition coefficient (Wildman–Crippen LogP) is 3.90. The minimum atomic E-state index is -3.68. The lowest BCUT2D eigenvalue weighted by Crippen LogP contribution is -2.13. The van der Waals surface area contributed by atoms with Crippen molar-refractivity contribution in [1.29, 1.82) is 0 Å². The first-order valence-electron chi connectivity index (χ1n) is 6.52. The van der Waals surface area contributed by atoms with E-state index in [0.29, 0.717) is 22.0 Å². The number of aryl methyl sites for hydroxylation is 2. The van der Waals surface area contributed by atoms with Gasteiger partial charge >= 0.3 is 0 Å². The van der Waals surface area contributed by atoms with Crippen LogP contribution in [0.4, 0.5) is 5.69 Å². The zero-order valence-corrected chi connectivity index (χ0v) is 13.5. The maximum atomic E-state index is 12.4. The van der Waals surface area contributed by atoms with Crippen LogP contribution < -0.4 is 4.72 Å². The Labute approximate surface area is 132 Å². The monoisotopic (exact) mass is 336 g/mol. The second kappa shape index (κ2) is 5.30. The Morgan fingerprint density at radius 1 is 1.14 bits per heavy atom. The molecule has 22 heavy (non-hydrogen) atoms. The number of anilines is 1. The number of aromatic nitrogens is 1. The molecule has 1 N–H and O–H groups in total. The summed E-state index contributed by atoms with van der Waals surface area (Å²) in [5.74, 6) is 0. The van der Waals surface area contributed by atoms with E-state index in [1.807, 2.05) is 0 Å². The zero-order chi connectivity index (χ0) is 15.9. The Hall–Kier alpha value is -2.05. The van der Waals surface area contributed by atoms with E-state index in [4.69, 9.17) is 16.1 Å². The molecule has 5 nitrogen and oxygen atoms in total. The van der Waals surface area contributed by atoms with Gasteiger partial charge in [-0.25, -0.2) is 8.42 Å². The van der Waals surface area contributed by atoms with Crippen molar-refractivity contribution in [3.05, 3.63) is 52.7 Å². The van der Waals surface area contributed by atoms with E-state index < -0.39 is 10.0 Å². The van der Waals surface area contributed by atoms with Crippen molar-refractivity contribution in [2.45, 2.75) is 18.7 Å². The van der Waals surface area contributed by atoms with Gasteiger partial charge in [-0.1, -0.05) is 16.8 Å². The number of hydrogen-bond donors (Lipinski definition) is 1. The summed E-state index contributed by atoms with van der Waals surface area (Å²) < 4.78 is 32.6. The van der Waals surface area contributed by atoms with Gasteiger partial charge in [-0.15, -0.1) is 0 Å². The summed E-state index contributed by atoms with van der Waals surface area (Å²) in [7, 11) is -3.68. The predicted molar refractivity (Wildman–Crippen MR) is 85.7 cm³/mol. The number of halogens is 1. The van der Waals surface area contributed by atoms with E-state index in [2.05, 4.69) is 9.88 Å². The molecule has 0 bridgehead atoms. The highest BCUT2D eigenvalue weighted by atomic mass is 35.5. The number of benzene rings is 2. The maximum Gasteiger partial charge on any atom is 0.261 e. The summed E-state index contributed by atoms with van der Waals surface area (Å²) in [6.07, 6.45) is 0. The van der Waals surface area contributed by atoms with Crippen LogP contribution in [0, 0.1) is 13.8 Å². The largest absolute Gasteiger partial charge is 0.356 e. The van der Waals surface area contributed by atoms with Crippen LogP contribution in [0.15, 0.2) is 45.8 Å². The number of fused-ring (bicyclic) bond motifs is 1. The van der Waals surface area contributed by atoms with Crippen LogP contribution >= 0.6 is 11.6 Å². The van der Waals surface area contributed by atoms with Gasteiger partial charge in [0.25, 0.3) is 10.0 Å². The van der Waals surface area contributed by atoms with Gasteiger partial charge < -0.3 is 4.52 Å². The quantitative estimate of drug-likeness (QED) is 0.787. The van der Waals surface area contributed by atoms with Gasteiger partial charge in [-0.3, -0.25) is 4.72 Å². The lowest BCUT2D eigenvalue weighted by molar-refractivity contribution is 0.450. The molecule has 0 aliphatic carbocycles. The van der Waals surface area contributed by atoms with Gasteiger partial charge in [-0.2, -0.15) is 0 Å². The molecule has 0 atom stereocenters. The number of nitrogens with zero attached hydrogens (tertiary/aromatic N) is 1. The fourth-order valence-electron chi connectivity index (χ4n) is 2.13. The number of nitrogens with one attached hydrogen (secondary N) is 1. The molecule has 2 aromatic carbocycles. The van der Waals surface area contributed by atoms with Gasteiger partial charge in [0.15, 0.2) is 5.58 Å². The SMILES string of the molecule is Cc1cc2onc(C)c2cc1NS(=O)(=O)c1ccc(Cl)cc1. The Bertz CT molecular complexity index is 947. The van der Waals surface area contributed by atoms with Gasteiger partial charge in [0.2, 0.25) is 0 Å². The Morgan fingerprint density at radius 2 is 1.82 bits per heavy atom. The van der Waals surface area contributed by atoms with Crippen molar-refractivity contribution >= 4 is 38.3 Å². The minimum absolute atomic E-state index is 0.151. The van der Waals surface area contributed by atoms with Crippen LogP contribution in [0.2, 0.25) is 5.02 Å². The number of hydrogen-bond acceptors (Lipinski definition) is 4. The smallest absolute Gasteiger partial charge is 0.261 e. The zero-order valence-electron chi connectivity index (χ0n) is 11.9. The molecule has 0 saturated carbocycles. The highest BCUT2D eigenvalue weighted by molar-refractivity contribution is 7.92. The summed E-state index contributed by atoms with van der Waals surface area (Å²) in [5.41, 5.74) is 2.58. The van der Waals surface area contributed by atoms with Crippen LogP contribution in [-0.2, 0) is 10.0 Å². The summed E-state index contributed by atoms with van der Waals surface area (Å²) >= 11 is 5.78. The van der Waals surface area contributed by atoms with E-state index in [-0.39, 0.29) is 4.90 Å². The van der Waals surface area contributed by atoms with Crippen molar-refractivity contribution in [3.63, 3.8) is 0 Å². The van der Waals surface area contributed by atoms with Crippen LogP contribution in [0.5, 0.6) is 0 Å². The summed E-state index contributed by atoms with van der Waals surface area (Å²) in [6.45, 7) is 3.61. The van der Waals surface area contributed by atoms with E-state index in [1.54, 1.807) is 26.0 Å². The molecule has 3 rings (SSSR count). The average molecular weight is 337 g/mol. The topological polar surface area (TPSA) is 72.2 Å². The molecular weight excluding hydrogens is 324 g/mol. The molecule has 1 aromatic heterocycles. The van der Waals surface area contributed by atoms with Crippen molar-refractivity contribution < 1.29 is 12.9 Å². The van der Waals surface area contributed by atoms with Crippen LogP contribution in [-0.4, -0.2) is 13.6 Å². The van der Waals surface area contributed by atoms with E-state index >= 15 is 0 Å². The molecule has 7 heteroatoms. The standard InChI is InChI=1S/C15H13ClN2O3S/c1-9-7-15-13(10(2)17-21-15)8-14(9)18-22(19,20)12-5-3-11(16)4-6-12/h3-8,18H,1-2H3. The van der Waals surface area contributed by atoms with Crippen molar-refractivity contribution in [2.24, 2.45) is 0 Å². The van der Waals surface area contributed by atoms with Crippen molar-refractivity contribution in [1.82, 2.24) is 5.16 Å². The molecule has 1 heterocycles. The van der Waals surface area contributed by atoms with Gasteiger partial charge in [0.05, 0.1) is 16.3 Å². The third kappa shape index (κ3) is 2.67. The molecule has 0 saturated heterocycles. The van der Waals surface area contributed by atoms with E-state index in [9.17, 15) is 8.42 Å². The van der Waals surface area contributed by atoms with Crippen LogP contribution in [0.3, 0.4) is 0 Å². The molecule has 0 aliphatic heterocycles. The Kier molecular flexibility index (Phi) is 3.58. The summed E-state index contributed by atoms with van der Waals surface area (Å²) in [4.78, 5) is 0.151. The normalized spacial score (nSPS) is 11.8. The number of sulfonamides is 1. The summed E-state index contributed by atoms with van der Waals surface area (Å²) in [6, 6.07) is 9.48. The lowest BCUT2D eigenvalue weighted by atomic mass is 10.1. The van der Waals surface area contributed by atoms with E-state index in [1.165, 1.54) is 24.3 Å². The maximum absolute atomic E-state index is 12.4. The van der Waals surface area contributed by atoms with E-state index in [0.717, 1.165) is 10.9 Å². The molecule has 0 amide bonds. The fraction of sp³-hybridized carbons (Fsp3) is 0.133. The first-order valence-corrected chi connectivity index (χ1v) is 8.38. The average Bonchev–Trinajstić information content (AvgIpc) is 2.80. The molecule has 0 fully saturated rings. The second-order valence-electron chi connectivity index (χ2n) is 4.99. The molecule has 0 unspecified atom stereocenters. The highest BCUT2D eigenvalue weighted by Gasteiger charge is 2.17. The first-order chi connectivity index (χ1) is 10.4. The molecule has 114 valence electrons. The molecular formula is C15H13ClN2O3S. The highest BCUT2D eigenvalue weighted by Crippen LogP contribution is 2.27. The second-order valence-corrected chi connectivity index (χ2v) is 7.11. The minimum Gasteiger partial charge on any atom is -0.356 e. The van der Waals surface area contributed by atoms with Gasteiger partial charge in [0, 0.05) is 10.4 Å². The first kappa shape index (κ1) is 14.9. The van der Waals surface area contributed by atoms with Crippen molar-refractivity contribution in [2.75, 3.05) is 4.72 Å². The number of rotatable bonds is 3. The summed E-state index contributed by atoms with van der Waals surface area (Å²) in [5, 5.41) is 5.14. The van der Waals surface area contributed by atoms with Crippen LogP contribution in [0.25, 0.3) is 11.0 Å². The van der Waals surface area contributed by atoms with Crippen molar-refractivity contribution in [3.8, 4) is 0 Å².